The van der Waals surface area contributed by atoms with Gasteiger partial charge in [-0.25, -0.2) is 0 Å². The second kappa shape index (κ2) is 4.89. The minimum Gasteiger partial charge on any atom is -0.395 e. The molecule has 15 heavy (non-hydrogen) atoms. The summed E-state index contributed by atoms with van der Waals surface area (Å²) < 4.78 is 0. The highest BCUT2D eigenvalue weighted by molar-refractivity contribution is 5.95. The monoisotopic (exact) mass is 208 g/mol. The van der Waals surface area contributed by atoms with Gasteiger partial charge in [0.25, 0.3) is 5.91 Å². The molecule has 1 aromatic heterocycles. The van der Waals surface area contributed by atoms with Crippen LogP contribution in [-0.4, -0.2) is 41.1 Å². The lowest BCUT2D eigenvalue weighted by Gasteiger charge is -2.16. The van der Waals surface area contributed by atoms with E-state index in [1.54, 1.807) is 13.1 Å². The summed E-state index contributed by atoms with van der Waals surface area (Å²) in [5.41, 5.74) is 2.22. The van der Waals surface area contributed by atoms with Gasteiger partial charge in [0.15, 0.2) is 0 Å². The highest BCUT2D eigenvalue weighted by atomic mass is 16.3. The normalized spacial score (nSPS) is 10.1. The van der Waals surface area contributed by atoms with Gasteiger partial charge >= 0.3 is 0 Å². The Balaban J connectivity index is 2.91. The van der Waals surface area contributed by atoms with Gasteiger partial charge in [-0.1, -0.05) is 0 Å². The zero-order valence-corrected chi connectivity index (χ0v) is 9.32. The summed E-state index contributed by atoms with van der Waals surface area (Å²) >= 11 is 0. The molecule has 82 valence electrons. The molecule has 1 aromatic rings. The molecular weight excluding hydrogens is 192 g/mol. The van der Waals surface area contributed by atoms with Crippen LogP contribution in [0.15, 0.2) is 12.1 Å². The average molecular weight is 208 g/mol. The van der Waals surface area contributed by atoms with E-state index in [1.807, 2.05) is 19.9 Å². The van der Waals surface area contributed by atoms with Crippen LogP contribution in [0.3, 0.4) is 0 Å². The van der Waals surface area contributed by atoms with Crippen LogP contribution in [0.5, 0.6) is 0 Å². The van der Waals surface area contributed by atoms with E-state index < -0.39 is 0 Å². The van der Waals surface area contributed by atoms with Crippen molar-refractivity contribution in [2.24, 2.45) is 0 Å². The lowest BCUT2D eigenvalue weighted by Crippen LogP contribution is -2.30. The van der Waals surface area contributed by atoms with Crippen molar-refractivity contribution in [1.29, 1.82) is 0 Å². The van der Waals surface area contributed by atoms with Gasteiger partial charge in [-0.05, 0) is 26.0 Å². The largest absolute Gasteiger partial charge is 0.395 e. The molecule has 0 radical (unpaired) electrons. The average Bonchev–Trinajstić information content (AvgIpc) is 2.17. The highest BCUT2D eigenvalue weighted by Crippen LogP contribution is 2.08. The van der Waals surface area contributed by atoms with E-state index in [9.17, 15) is 4.79 Å². The number of nitrogens with zero attached hydrogens (tertiary/aromatic N) is 2. The van der Waals surface area contributed by atoms with Crippen molar-refractivity contribution in [2.45, 2.75) is 13.8 Å². The van der Waals surface area contributed by atoms with Crippen molar-refractivity contribution < 1.29 is 9.90 Å². The first-order chi connectivity index (χ1) is 7.06. The molecule has 1 amide bonds. The first kappa shape index (κ1) is 11.7. The number of carbonyl (C=O) groups is 1. The molecule has 0 aliphatic carbocycles. The van der Waals surface area contributed by atoms with Crippen LogP contribution in [0, 0.1) is 13.8 Å². The molecule has 0 saturated carbocycles. The standard InChI is InChI=1S/C11H16N2O2/c1-8-4-5-10(9(2)12-8)11(15)13(3)6-7-14/h4-5,14H,6-7H2,1-3H3. The van der Waals surface area contributed by atoms with E-state index in [1.165, 1.54) is 4.90 Å². The molecule has 1 rings (SSSR count). The molecular formula is C11H16N2O2. The van der Waals surface area contributed by atoms with Crippen LogP contribution in [0.25, 0.3) is 0 Å². The van der Waals surface area contributed by atoms with Crippen LogP contribution in [0.1, 0.15) is 21.7 Å². The van der Waals surface area contributed by atoms with Gasteiger partial charge in [0.1, 0.15) is 0 Å². The number of aryl methyl sites for hydroxylation is 2. The maximum atomic E-state index is 11.8. The molecule has 0 atom stereocenters. The van der Waals surface area contributed by atoms with Gasteiger partial charge in [-0.3, -0.25) is 9.78 Å². The molecule has 0 aliphatic heterocycles. The third-order valence-corrected chi connectivity index (χ3v) is 2.24. The van der Waals surface area contributed by atoms with Gasteiger partial charge < -0.3 is 10.0 Å². The Bertz CT molecular complexity index is 364. The fourth-order valence-corrected chi connectivity index (χ4v) is 1.37. The van der Waals surface area contributed by atoms with Crippen molar-refractivity contribution in [1.82, 2.24) is 9.88 Å². The minimum atomic E-state index is -0.103. The van der Waals surface area contributed by atoms with Gasteiger partial charge in [0.2, 0.25) is 0 Å². The number of aromatic nitrogens is 1. The summed E-state index contributed by atoms with van der Waals surface area (Å²) in [6, 6.07) is 3.58. The Labute approximate surface area is 89.6 Å². The van der Waals surface area contributed by atoms with Gasteiger partial charge in [-0.2, -0.15) is 0 Å². The van der Waals surface area contributed by atoms with Gasteiger partial charge in [0.05, 0.1) is 17.9 Å². The van der Waals surface area contributed by atoms with E-state index in [-0.39, 0.29) is 12.5 Å². The van der Waals surface area contributed by atoms with Crippen LogP contribution in [-0.2, 0) is 0 Å². The molecule has 4 heteroatoms. The van der Waals surface area contributed by atoms with Crippen molar-refractivity contribution in [2.75, 3.05) is 20.2 Å². The molecule has 0 fully saturated rings. The molecule has 0 aliphatic rings. The summed E-state index contributed by atoms with van der Waals surface area (Å²) in [6.07, 6.45) is 0. The molecule has 1 N–H and O–H groups in total. The van der Waals surface area contributed by atoms with Crippen LogP contribution in [0.4, 0.5) is 0 Å². The first-order valence-corrected chi connectivity index (χ1v) is 4.87. The summed E-state index contributed by atoms with van der Waals surface area (Å²) in [4.78, 5) is 17.6. The highest BCUT2D eigenvalue weighted by Gasteiger charge is 2.13. The number of likely N-dealkylation sites (N-methyl/N-ethyl adjacent to an activating group) is 1. The van der Waals surface area contributed by atoms with Crippen LogP contribution < -0.4 is 0 Å². The number of amides is 1. The van der Waals surface area contributed by atoms with Crippen LogP contribution >= 0.6 is 0 Å². The smallest absolute Gasteiger partial charge is 0.255 e. The quantitative estimate of drug-likeness (QED) is 0.798. The molecule has 0 bridgehead atoms. The molecule has 0 spiro atoms. The fraction of sp³-hybridized carbons (Fsp3) is 0.455. The Morgan fingerprint density at radius 3 is 2.67 bits per heavy atom. The Hall–Kier alpha value is -1.42. The Kier molecular flexibility index (Phi) is 3.80. The summed E-state index contributed by atoms with van der Waals surface area (Å²) in [7, 11) is 1.66. The third-order valence-electron chi connectivity index (χ3n) is 2.24. The molecule has 0 aromatic carbocycles. The number of pyridine rings is 1. The van der Waals surface area contributed by atoms with Crippen molar-refractivity contribution in [3.05, 3.63) is 29.1 Å². The summed E-state index contributed by atoms with van der Waals surface area (Å²) in [5, 5.41) is 8.74. The van der Waals surface area contributed by atoms with E-state index in [2.05, 4.69) is 4.98 Å². The van der Waals surface area contributed by atoms with Crippen molar-refractivity contribution in [3.63, 3.8) is 0 Å². The number of carbonyl (C=O) groups excluding carboxylic acids is 1. The van der Waals surface area contributed by atoms with Crippen LogP contribution in [0.2, 0.25) is 0 Å². The van der Waals surface area contributed by atoms with E-state index >= 15 is 0 Å². The lowest BCUT2D eigenvalue weighted by molar-refractivity contribution is 0.0765. The number of aliphatic hydroxyl groups is 1. The second-order valence-corrected chi connectivity index (χ2v) is 3.54. The van der Waals surface area contributed by atoms with Gasteiger partial charge in [0, 0.05) is 19.3 Å². The zero-order valence-electron chi connectivity index (χ0n) is 9.32. The second-order valence-electron chi connectivity index (χ2n) is 3.54. The molecule has 0 unspecified atom stereocenters. The minimum absolute atomic E-state index is 0.0272. The zero-order chi connectivity index (χ0) is 11.4. The number of hydrogen-bond acceptors (Lipinski definition) is 3. The first-order valence-electron chi connectivity index (χ1n) is 4.87. The maximum Gasteiger partial charge on any atom is 0.255 e. The molecule has 0 saturated heterocycles. The Morgan fingerprint density at radius 1 is 1.47 bits per heavy atom. The summed E-state index contributed by atoms with van der Waals surface area (Å²) in [5.74, 6) is -0.103. The topological polar surface area (TPSA) is 53.4 Å². The number of aliphatic hydroxyl groups excluding tert-OH is 1. The fourth-order valence-electron chi connectivity index (χ4n) is 1.37. The van der Waals surface area contributed by atoms with E-state index in [4.69, 9.17) is 5.11 Å². The van der Waals surface area contributed by atoms with Gasteiger partial charge in [-0.15, -0.1) is 0 Å². The van der Waals surface area contributed by atoms with Crippen molar-refractivity contribution in [3.8, 4) is 0 Å². The van der Waals surface area contributed by atoms with E-state index in [0.717, 1.165) is 11.4 Å². The van der Waals surface area contributed by atoms with Crippen molar-refractivity contribution >= 4 is 5.91 Å². The predicted molar refractivity (Wildman–Crippen MR) is 57.8 cm³/mol. The third kappa shape index (κ3) is 2.76. The maximum absolute atomic E-state index is 11.8. The predicted octanol–water partition coefficient (Wildman–Crippen LogP) is 0.763. The molecule has 4 nitrogen and oxygen atoms in total. The lowest BCUT2D eigenvalue weighted by atomic mass is 10.1. The Morgan fingerprint density at radius 2 is 2.13 bits per heavy atom. The SMILES string of the molecule is Cc1ccc(C(=O)N(C)CCO)c(C)n1. The molecule has 1 heterocycles. The summed E-state index contributed by atoms with van der Waals surface area (Å²) in [6.45, 7) is 4.01. The number of hydrogen-bond donors (Lipinski definition) is 1. The van der Waals surface area contributed by atoms with E-state index in [0.29, 0.717) is 12.1 Å². The number of rotatable bonds is 3.